The van der Waals surface area contributed by atoms with E-state index >= 15 is 0 Å². The van der Waals surface area contributed by atoms with Crippen molar-refractivity contribution in [2.75, 3.05) is 5.32 Å². The molecule has 1 amide bonds. The van der Waals surface area contributed by atoms with E-state index in [1.165, 1.54) is 12.8 Å². The van der Waals surface area contributed by atoms with Crippen molar-refractivity contribution in [3.05, 3.63) is 26.8 Å². The molecule has 4 heteroatoms. The Hall–Kier alpha value is -0.290. The summed E-state index contributed by atoms with van der Waals surface area (Å²) >= 11 is 8.23. The molecule has 1 N–H and O–H groups in total. The Morgan fingerprint density at radius 3 is 2.76 bits per heavy atom. The van der Waals surface area contributed by atoms with E-state index in [2.05, 4.69) is 34.8 Å². The van der Waals surface area contributed by atoms with Gasteiger partial charge in [-0.15, -0.1) is 0 Å². The molecule has 0 bridgehead atoms. The summed E-state index contributed by atoms with van der Waals surface area (Å²) in [4.78, 5) is 11.6. The normalized spacial score (nSPS) is 10.3. The topological polar surface area (TPSA) is 29.1 Å². The van der Waals surface area contributed by atoms with E-state index in [1.807, 2.05) is 18.2 Å². The molecule has 0 aromatic heterocycles. The largest absolute Gasteiger partial charge is 0.325 e. The minimum Gasteiger partial charge on any atom is -0.325 e. The van der Waals surface area contributed by atoms with Crippen LogP contribution in [-0.2, 0) is 4.79 Å². The van der Waals surface area contributed by atoms with Crippen LogP contribution in [0.3, 0.4) is 0 Å². The molecule has 0 fully saturated rings. The highest BCUT2D eigenvalue weighted by atomic mass is 127. The molecule has 0 saturated heterocycles. The van der Waals surface area contributed by atoms with E-state index < -0.39 is 0 Å². The van der Waals surface area contributed by atoms with Crippen LogP contribution in [0.5, 0.6) is 0 Å². The number of amides is 1. The van der Waals surface area contributed by atoms with E-state index in [1.54, 1.807) is 0 Å². The second kappa shape index (κ2) is 7.93. The first kappa shape index (κ1) is 14.8. The van der Waals surface area contributed by atoms with Crippen molar-refractivity contribution < 1.29 is 4.79 Å². The third kappa shape index (κ3) is 5.73. The molecule has 0 unspecified atom stereocenters. The molecule has 1 rings (SSSR count). The predicted molar refractivity (Wildman–Crippen MR) is 81.6 cm³/mol. The van der Waals surface area contributed by atoms with Crippen molar-refractivity contribution in [1.29, 1.82) is 0 Å². The summed E-state index contributed by atoms with van der Waals surface area (Å²) in [5.41, 5.74) is 0.701. The lowest BCUT2D eigenvalue weighted by molar-refractivity contribution is -0.116. The van der Waals surface area contributed by atoms with Crippen LogP contribution >= 0.6 is 34.2 Å². The van der Waals surface area contributed by atoms with Crippen molar-refractivity contribution >= 4 is 45.8 Å². The lowest BCUT2D eigenvalue weighted by atomic mass is 10.1. The first-order valence-electron chi connectivity index (χ1n) is 5.88. The second-order valence-corrected chi connectivity index (χ2v) is 5.64. The molecule has 2 nitrogen and oxygen atoms in total. The molecule has 0 aliphatic heterocycles. The molecule has 0 atom stereocenters. The standard InChI is InChI=1S/C13H17ClINO/c1-2-3-4-5-6-13(17)16-12-8-7-10(15)9-11(12)14/h7-9H,2-6H2,1H3,(H,16,17). The third-order valence-corrected chi connectivity index (χ3v) is 3.45. The van der Waals surface area contributed by atoms with Gasteiger partial charge in [0.05, 0.1) is 10.7 Å². The number of carbonyl (C=O) groups is 1. The van der Waals surface area contributed by atoms with E-state index in [-0.39, 0.29) is 5.91 Å². The number of unbranched alkanes of at least 4 members (excludes halogenated alkanes) is 3. The average molecular weight is 366 g/mol. The molecule has 1 aromatic carbocycles. The van der Waals surface area contributed by atoms with Gasteiger partial charge in [-0.25, -0.2) is 0 Å². The van der Waals surface area contributed by atoms with Gasteiger partial charge in [-0.1, -0.05) is 37.8 Å². The molecule has 94 valence electrons. The highest BCUT2D eigenvalue weighted by Crippen LogP contribution is 2.24. The first-order chi connectivity index (χ1) is 8.13. The maximum absolute atomic E-state index is 11.6. The van der Waals surface area contributed by atoms with E-state index in [9.17, 15) is 4.79 Å². The van der Waals surface area contributed by atoms with Gasteiger partial charge >= 0.3 is 0 Å². The maximum atomic E-state index is 11.6. The maximum Gasteiger partial charge on any atom is 0.224 e. The van der Waals surface area contributed by atoms with Crippen molar-refractivity contribution in [3.63, 3.8) is 0 Å². The van der Waals surface area contributed by atoms with Gasteiger partial charge in [-0.3, -0.25) is 4.79 Å². The highest BCUT2D eigenvalue weighted by molar-refractivity contribution is 14.1. The summed E-state index contributed by atoms with van der Waals surface area (Å²) in [5.74, 6) is 0.0456. The Labute approximate surface area is 121 Å². The fourth-order valence-electron chi connectivity index (χ4n) is 1.52. The number of hydrogen-bond donors (Lipinski definition) is 1. The van der Waals surface area contributed by atoms with Gasteiger partial charge in [-0.2, -0.15) is 0 Å². The molecule has 0 aliphatic rings. The van der Waals surface area contributed by atoms with Crippen LogP contribution in [0, 0.1) is 3.57 Å². The van der Waals surface area contributed by atoms with Gasteiger partial charge in [0, 0.05) is 9.99 Å². The zero-order valence-electron chi connectivity index (χ0n) is 9.93. The summed E-state index contributed by atoms with van der Waals surface area (Å²) < 4.78 is 1.06. The minimum absolute atomic E-state index is 0.0456. The number of carbonyl (C=O) groups excluding carboxylic acids is 1. The minimum atomic E-state index is 0.0456. The van der Waals surface area contributed by atoms with E-state index in [4.69, 9.17) is 11.6 Å². The van der Waals surface area contributed by atoms with E-state index in [0.717, 1.165) is 16.4 Å². The molecule has 17 heavy (non-hydrogen) atoms. The van der Waals surface area contributed by atoms with Gasteiger partial charge < -0.3 is 5.32 Å². The monoisotopic (exact) mass is 365 g/mol. The average Bonchev–Trinajstić information content (AvgIpc) is 2.28. The van der Waals surface area contributed by atoms with Gasteiger partial charge in [0.25, 0.3) is 0 Å². The lowest BCUT2D eigenvalue weighted by Gasteiger charge is -2.07. The van der Waals surface area contributed by atoms with E-state index in [0.29, 0.717) is 17.1 Å². The Balaban J connectivity index is 2.40. The highest BCUT2D eigenvalue weighted by Gasteiger charge is 2.05. The molecule has 0 radical (unpaired) electrons. The van der Waals surface area contributed by atoms with Gasteiger partial charge in [-0.05, 0) is 47.2 Å². The first-order valence-corrected chi connectivity index (χ1v) is 7.34. The Bertz CT molecular complexity index is 382. The summed E-state index contributed by atoms with van der Waals surface area (Å²) in [5, 5.41) is 3.44. The second-order valence-electron chi connectivity index (χ2n) is 3.98. The Morgan fingerprint density at radius 1 is 1.35 bits per heavy atom. The zero-order chi connectivity index (χ0) is 12.7. The van der Waals surface area contributed by atoms with Crippen molar-refractivity contribution in [2.45, 2.75) is 39.0 Å². The number of anilines is 1. The predicted octanol–water partition coefficient (Wildman–Crippen LogP) is 4.85. The smallest absolute Gasteiger partial charge is 0.224 e. The number of nitrogens with one attached hydrogen (secondary N) is 1. The SMILES string of the molecule is CCCCCCC(=O)Nc1ccc(I)cc1Cl. The number of hydrogen-bond acceptors (Lipinski definition) is 1. The Morgan fingerprint density at radius 2 is 2.12 bits per heavy atom. The lowest BCUT2D eigenvalue weighted by Crippen LogP contribution is -2.11. The van der Waals surface area contributed by atoms with Crippen molar-refractivity contribution in [1.82, 2.24) is 0 Å². The Kier molecular flexibility index (Phi) is 6.89. The van der Waals surface area contributed by atoms with Crippen LogP contribution < -0.4 is 5.32 Å². The van der Waals surface area contributed by atoms with Crippen LogP contribution in [0.25, 0.3) is 0 Å². The quantitative estimate of drug-likeness (QED) is 0.566. The fourth-order valence-corrected chi connectivity index (χ4v) is 2.42. The van der Waals surface area contributed by atoms with Crippen LogP contribution in [0.2, 0.25) is 5.02 Å². The molecule has 1 aromatic rings. The fraction of sp³-hybridized carbons (Fsp3) is 0.462. The van der Waals surface area contributed by atoms with Gasteiger partial charge in [0.15, 0.2) is 0 Å². The van der Waals surface area contributed by atoms with Gasteiger partial charge in [0.2, 0.25) is 5.91 Å². The molecule has 0 heterocycles. The van der Waals surface area contributed by atoms with Gasteiger partial charge in [0.1, 0.15) is 0 Å². The molecule has 0 saturated carbocycles. The zero-order valence-corrected chi connectivity index (χ0v) is 12.8. The van der Waals surface area contributed by atoms with Crippen molar-refractivity contribution in [3.8, 4) is 0 Å². The summed E-state index contributed by atoms with van der Waals surface area (Å²) in [7, 11) is 0. The molecular formula is C13H17ClINO. The van der Waals surface area contributed by atoms with Crippen LogP contribution in [0.1, 0.15) is 39.0 Å². The summed E-state index contributed by atoms with van der Waals surface area (Å²) in [6.07, 6.45) is 5.01. The van der Waals surface area contributed by atoms with Crippen LogP contribution in [0.4, 0.5) is 5.69 Å². The van der Waals surface area contributed by atoms with Crippen LogP contribution in [-0.4, -0.2) is 5.91 Å². The molecular weight excluding hydrogens is 349 g/mol. The number of halogens is 2. The molecule has 0 aliphatic carbocycles. The van der Waals surface area contributed by atoms with Crippen LogP contribution in [0.15, 0.2) is 18.2 Å². The summed E-state index contributed by atoms with van der Waals surface area (Å²) in [6, 6.07) is 5.61. The van der Waals surface area contributed by atoms with Crippen molar-refractivity contribution in [2.24, 2.45) is 0 Å². The third-order valence-electron chi connectivity index (χ3n) is 2.46. The number of benzene rings is 1. The molecule has 0 spiro atoms. The number of rotatable bonds is 6. The summed E-state index contributed by atoms with van der Waals surface area (Å²) in [6.45, 7) is 2.16.